The number of amides is 1. The lowest BCUT2D eigenvalue weighted by Crippen LogP contribution is -2.32. The standard InChI is InChI=1S/C18H21FN4O3/c1-12-8-14(10-20-9-12)16(24)23-5-4-18(19,11-23)17-21-15(22-26-17)13-2-6-25-7-3-13/h8-10,13H,2-7,11H2,1H3. The van der Waals surface area contributed by atoms with Crippen LogP contribution in [0.2, 0.25) is 0 Å². The van der Waals surface area contributed by atoms with Crippen LogP contribution in [0.25, 0.3) is 0 Å². The largest absolute Gasteiger partial charge is 0.381 e. The van der Waals surface area contributed by atoms with Crippen LogP contribution in [0.4, 0.5) is 4.39 Å². The van der Waals surface area contributed by atoms with Crippen LogP contribution in [0, 0.1) is 6.92 Å². The molecule has 2 aromatic heterocycles. The smallest absolute Gasteiger partial charge is 0.266 e. The third-order valence-corrected chi connectivity index (χ3v) is 5.04. The number of aryl methyl sites for hydroxylation is 1. The molecule has 7 nitrogen and oxygen atoms in total. The van der Waals surface area contributed by atoms with Gasteiger partial charge in [-0.2, -0.15) is 4.98 Å². The predicted molar refractivity (Wildman–Crippen MR) is 89.4 cm³/mol. The van der Waals surface area contributed by atoms with Crippen LogP contribution >= 0.6 is 0 Å². The van der Waals surface area contributed by atoms with E-state index in [0.717, 1.165) is 18.4 Å². The minimum Gasteiger partial charge on any atom is -0.381 e. The van der Waals surface area contributed by atoms with Gasteiger partial charge in [0, 0.05) is 44.5 Å². The summed E-state index contributed by atoms with van der Waals surface area (Å²) in [6, 6.07) is 1.75. The minimum absolute atomic E-state index is 0.0309. The van der Waals surface area contributed by atoms with E-state index in [9.17, 15) is 4.79 Å². The van der Waals surface area contributed by atoms with E-state index in [2.05, 4.69) is 15.1 Å². The number of ether oxygens (including phenoxy) is 1. The van der Waals surface area contributed by atoms with Crippen LogP contribution in [0.15, 0.2) is 23.0 Å². The van der Waals surface area contributed by atoms with Gasteiger partial charge in [0.25, 0.3) is 11.8 Å². The number of alkyl halides is 1. The van der Waals surface area contributed by atoms with Gasteiger partial charge in [0.15, 0.2) is 5.82 Å². The summed E-state index contributed by atoms with van der Waals surface area (Å²) in [5, 5.41) is 3.97. The maximum Gasteiger partial charge on any atom is 0.266 e. The summed E-state index contributed by atoms with van der Waals surface area (Å²) in [4.78, 5) is 22.4. The average molecular weight is 360 g/mol. The van der Waals surface area contributed by atoms with Gasteiger partial charge < -0.3 is 14.2 Å². The molecule has 0 radical (unpaired) electrons. The first-order chi connectivity index (χ1) is 12.5. The Labute approximate surface area is 150 Å². The molecule has 2 aliphatic heterocycles. The van der Waals surface area contributed by atoms with Gasteiger partial charge in [-0.15, -0.1) is 0 Å². The lowest BCUT2D eigenvalue weighted by Gasteiger charge is -2.19. The van der Waals surface area contributed by atoms with Crippen molar-refractivity contribution < 1.29 is 18.4 Å². The van der Waals surface area contributed by atoms with Crippen molar-refractivity contribution in [3.63, 3.8) is 0 Å². The maximum atomic E-state index is 15.4. The fourth-order valence-electron chi connectivity index (χ4n) is 3.51. The monoisotopic (exact) mass is 360 g/mol. The van der Waals surface area contributed by atoms with E-state index in [1.54, 1.807) is 12.3 Å². The zero-order chi connectivity index (χ0) is 18.1. The second kappa shape index (κ2) is 6.75. The molecular formula is C18H21FN4O3. The molecule has 0 spiro atoms. The number of aromatic nitrogens is 3. The number of nitrogens with zero attached hydrogens (tertiary/aromatic N) is 4. The summed E-state index contributed by atoms with van der Waals surface area (Å²) >= 11 is 0. The molecule has 0 aliphatic carbocycles. The van der Waals surface area contributed by atoms with Crippen LogP contribution in [-0.4, -0.2) is 52.2 Å². The van der Waals surface area contributed by atoms with E-state index in [4.69, 9.17) is 9.26 Å². The molecule has 2 aromatic rings. The number of hydrogen-bond acceptors (Lipinski definition) is 6. The second-order valence-corrected chi connectivity index (χ2v) is 7.04. The van der Waals surface area contributed by atoms with Gasteiger partial charge in [-0.1, -0.05) is 5.16 Å². The maximum absolute atomic E-state index is 15.4. The molecule has 2 fully saturated rings. The van der Waals surface area contributed by atoms with Crippen molar-refractivity contribution in [3.8, 4) is 0 Å². The van der Waals surface area contributed by atoms with Gasteiger partial charge in [0.1, 0.15) is 0 Å². The van der Waals surface area contributed by atoms with Crippen LogP contribution in [-0.2, 0) is 10.4 Å². The van der Waals surface area contributed by atoms with E-state index in [1.165, 1.54) is 11.1 Å². The van der Waals surface area contributed by atoms with E-state index < -0.39 is 5.67 Å². The van der Waals surface area contributed by atoms with Crippen LogP contribution in [0.3, 0.4) is 0 Å². The number of halogens is 1. The molecule has 1 atom stereocenters. The highest BCUT2D eigenvalue weighted by Gasteiger charge is 2.47. The van der Waals surface area contributed by atoms with Crippen molar-refractivity contribution in [1.29, 1.82) is 0 Å². The zero-order valence-corrected chi connectivity index (χ0v) is 14.7. The number of likely N-dealkylation sites (tertiary alicyclic amines) is 1. The molecule has 8 heteroatoms. The zero-order valence-electron chi connectivity index (χ0n) is 14.7. The number of carbonyl (C=O) groups is 1. The van der Waals surface area contributed by atoms with E-state index in [1.807, 2.05) is 6.92 Å². The summed E-state index contributed by atoms with van der Waals surface area (Å²) in [7, 11) is 0. The van der Waals surface area contributed by atoms with Crippen molar-refractivity contribution in [3.05, 3.63) is 41.3 Å². The van der Waals surface area contributed by atoms with Gasteiger partial charge in [-0.25, -0.2) is 4.39 Å². The quantitative estimate of drug-likeness (QED) is 0.836. The third-order valence-electron chi connectivity index (χ3n) is 5.04. The Balaban J connectivity index is 1.48. The molecule has 2 saturated heterocycles. The summed E-state index contributed by atoms with van der Waals surface area (Å²) in [5.74, 6) is 0.414. The van der Waals surface area contributed by atoms with Crippen molar-refractivity contribution in [2.24, 2.45) is 0 Å². The molecule has 0 bridgehead atoms. The molecule has 2 aliphatic rings. The molecule has 4 heterocycles. The molecule has 0 saturated carbocycles. The Kier molecular flexibility index (Phi) is 4.44. The lowest BCUT2D eigenvalue weighted by atomic mass is 9.99. The number of pyridine rings is 1. The molecule has 138 valence electrons. The van der Waals surface area contributed by atoms with Gasteiger partial charge in [0.2, 0.25) is 5.67 Å². The average Bonchev–Trinajstić information content (AvgIpc) is 3.30. The van der Waals surface area contributed by atoms with Crippen molar-refractivity contribution in [2.45, 2.75) is 37.8 Å². The first kappa shape index (κ1) is 17.1. The Bertz CT molecular complexity index is 805. The molecular weight excluding hydrogens is 339 g/mol. The van der Waals surface area contributed by atoms with Crippen LogP contribution in [0.1, 0.15) is 52.8 Å². The summed E-state index contributed by atoms with van der Waals surface area (Å²) in [5.41, 5.74) is -0.453. The molecule has 4 rings (SSSR count). The highest BCUT2D eigenvalue weighted by Crippen LogP contribution is 2.37. The molecule has 0 N–H and O–H groups in total. The fraction of sp³-hybridized carbons (Fsp3) is 0.556. The third kappa shape index (κ3) is 3.21. The highest BCUT2D eigenvalue weighted by molar-refractivity contribution is 5.94. The van der Waals surface area contributed by atoms with E-state index in [-0.39, 0.29) is 30.7 Å². The normalized spacial score (nSPS) is 24.2. The Morgan fingerprint density at radius 1 is 1.35 bits per heavy atom. The first-order valence-corrected chi connectivity index (χ1v) is 8.87. The number of carbonyl (C=O) groups excluding carboxylic acids is 1. The molecule has 1 amide bonds. The van der Waals surface area contributed by atoms with Crippen LogP contribution < -0.4 is 0 Å². The SMILES string of the molecule is Cc1cncc(C(=O)N2CCC(F)(c3nc(C4CCOCC4)no3)C2)c1. The lowest BCUT2D eigenvalue weighted by molar-refractivity contribution is 0.0716. The highest BCUT2D eigenvalue weighted by atomic mass is 19.1. The topological polar surface area (TPSA) is 81.4 Å². The van der Waals surface area contributed by atoms with Gasteiger partial charge in [0.05, 0.1) is 12.1 Å². The predicted octanol–water partition coefficient (Wildman–Crippen LogP) is 2.38. The Morgan fingerprint density at radius 3 is 2.92 bits per heavy atom. The van der Waals surface area contributed by atoms with Gasteiger partial charge in [-0.3, -0.25) is 9.78 Å². The summed E-state index contributed by atoms with van der Waals surface area (Å²) in [6.45, 7) is 3.39. The Morgan fingerprint density at radius 2 is 2.15 bits per heavy atom. The van der Waals surface area contributed by atoms with E-state index in [0.29, 0.717) is 31.1 Å². The number of hydrogen-bond donors (Lipinski definition) is 0. The van der Waals surface area contributed by atoms with Crippen molar-refractivity contribution in [2.75, 3.05) is 26.3 Å². The van der Waals surface area contributed by atoms with Crippen LogP contribution in [0.5, 0.6) is 0 Å². The molecule has 0 aromatic carbocycles. The second-order valence-electron chi connectivity index (χ2n) is 7.04. The van der Waals surface area contributed by atoms with Gasteiger partial charge >= 0.3 is 0 Å². The van der Waals surface area contributed by atoms with E-state index >= 15 is 4.39 Å². The summed E-state index contributed by atoms with van der Waals surface area (Å²) in [6.07, 6.45) is 4.94. The first-order valence-electron chi connectivity index (χ1n) is 8.87. The molecule has 26 heavy (non-hydrogen) atoms. The van der Waals surface area contributed by atoms with Crippen molar-refractivity contribution >= 4 is 5.91 Å². The number of rotatable bonds is 3. The van der Waals surface area contributed by atoms with Gasteiger partial charge in [-0.05, 0) is 31.4 Å². The van der Waals surface area contributed by atoms with Crippen molar-refractivity contribution in [1.82, 2.24) is 20.0 Å². The minimum atomic E-state index is -1.80. The molecule has 1 unspecified atom stereocenters. The summed E-state index contributed by atoms with van der Waals surface area (Å²) < 4.78 is 26.0. The fourth-order valence-corrected chi connectivity index (χ4v) is 3.51. The Hall–Kier alpha value is -2.35.